The molecular weight excluding hydrogens is 388 g/mol. The minimum atomic E-state index is -0.00691. The number of hydrogen-bond acceptors (Lipinski definition) is 4. The van der Waals surface area contributed by atoms with Gasteiger partial charge < -0.3 is 14.6 Å². The highest BCUT2D eigenvalue weighted by Crippen LogP contribution is 2.27. The Balaban J connectivity index is 1.25. The van der Waals surface area contributed by atoms with Crippen molar-refractivity contribution in [1.82, 2.24) is 14.7 Å². The van der Waals surface area contributed by atoms with Gasteiger partial charge in [-0.25, -0.2) is 4.68 Å². The molecule has 0 saturated carbocycles. The summed E-state index contributed by atoms with van der Waals surface area (Å²) in [6, 6.07) is 16.2. The van der Waals surface area contributed by atoms with Crippen molar-refractivity contribution in [2.45, 2.75) is 51.5 Å². The minimum Gasteiger partial charge on any atom is -0.466 e. The Hall–Kier alpha value is -2.86. The van der Waals surface area contributed by atoms with Crippen LogP contribution in [0, 0.1) is 6.92 Å². The Bertz CT molecular complexity index is 970. The average molecular weight is 421 g/mol. The Labute approximate surface area is 184 Å². The second-order valence-corrected chi connectivity index (χ2v) is 8.58. The molecule has 3 aromatic rings. The van der Waals surface area contributed by atoms with Gasteiger partial charge in [0.15, 0.2) is 0 Å². The van der Waals surface area contributed by atoms with Crippen LogP contribution in [0.5, 0.6) is 0 Å². The summed E-state index contributed by atoms with van der Waals surface area (Å²) in [5.74, 6) is 3.28. The van der Waals surface area contributed by atoms with E-state index in [4.69, 9.17) is 4.42 Å². The van der Waals surface area contributed by atoms with E-state index in [0.717, 1.165) is 61.8 Å². The number of carbonyl (C=O) groups excluding carboxylic acids is 1. The highest BCUT2D eigenvalue weighted by atomic mass is 16.3. The number of rotatable bonds is 8. The van der Waals surface area contributed by atoms with Gasteiger partial charge in [0, 0.05) is 25.1 Å². The van der Waals surface area contributed by atoms with Crippen molar-refractivity contribution in [3.05, 3.63) is 71.8 Å². The van der Waals surface area contributed by atoms with E-state index < -0.39 is 0 Å². The SMILES string of the molecule is Cc1ccc([C@@H](C)CCN2CCC(n3nccc3NC(=O)Cc3ccccc3)CC2)o1. The number of nitrogens with one attached hydrogen (secondary N) is 1. The maximum Gasteiger partial charge on any atom is 0.229 e. The molecule has 1 saturated heterocycles. The van der Waals surface area contributed by atoms with Crippen molar-refractivity contribution in [3.63, 3.8) is 0 Å². The smallest absolute Gasteiger partial charge is 0.229 e. The van der Waals surface area contributed by atoms with E-state index in [1.165, 1.54) is 0 Å². The maximum absolute atomic E-state index is 12.5. The van der Waals surface area contributed by atoms with Crippen molar-refractivity contribution in [2.75, 3.05) is 25.0 Å². The Morgan fingerprint density at radius 3 is 2.65 bits per heavy atom. The normalized spacial score (nSPS) is 16.3. The van der Waals surface area contributed by atoms with Crippen LogP contribution < -0.4 is 5.32 Å². The third-order valence-electron chi connectivity index (χ3n) is 6.17. The summed E-state index contributed by atoms with van der Waals surface area (Å²) in [7, 11) is 0. The molecular formula is C25H32N4O2. The van der Waals surface area contributed by atoms with Gasteiger partial charge in [0.1, 0.15) is 17.3 Å². The first-order chi connectivity index (χ1) is 15.1. The van der Waals surface area contributed by atoms with Crippen molar-refractivity contribution < 1.29 is 9.21 Å². The molecule has 0 unspecified atom stereocenters. The summed E-state index contributed by atoms with van der Waals surface area (Å²) < 4.78 is 7.76. The number of nitrogens with zero attached hydrogens (tertiary/aromatic N) is 3. The van der Waals surface area contributed by atoms with E-state index in [-0.39, 0.29) is 5.91 Å². The Morgan fingerprint density at radius 2 is 1.94 bits per heavy atom. The fourth-order valence-corrected chi connectivity index (χ4v) is 4.30. The zero-order valence-electron chi connectivity index (χ0n) is 18.5. The summed E-state index contributed by atoms with van der Waals surface area (Å²) in [6.45, 7) is 7.40. The summed E-state index contributed by atoms with van der Waals surface area (Å²) in [5.41, 5.74) is 1.01. The van der Waals surface area contributed by atoms with Crippen LogP contribution in [0.2, 0.25) is 0 Å². The first-order valence-electron chi connectivity index (χ1n) is 11.2. The molecule has 1 aliphatic heterocycles. The van der Waals surface area contributed by atoms with E-state index in [9.17, 15) is 4.79 Å². The molecule has 1 aliphatic rings. The lowest BCUT2D eigenvalue weighted by atomic mass is 10.0. The zero-order valence-corrected chi connectivity index (χ0v) is 18.5. The molecule has 4 rings (SSSR count). The minimum absolute atomic E-state index is 0.00691. The summed E-state index contributed by atoms with van der Waals surface area (Å²) >= 11 is 0. The van der Waals surface area contributed by atoms with E-state index in [0.29, 0.717) is 18.4 Å². The number of aryl methyl sites for hydroxylation is 1. The molecule has 0 spiro atoms. The van der Waals surface area contributed by atoms with Crippen LogP contribution in [0.3, 0.4) is 0 Å². The van der Waals surface area contributed by atoms with Crippen LogP contribution in [0.25, 0.3) is 0 Å². The number of likely N-dealkylation sites (tertiary alicyclic amines) is 1. The average Bonchev–Trinajstić information content (AvgIpc) is 3.42. The third-order valence-corrected chi connectivity index (χ3v) is 6.17. The van der Waals surface area contributed by atoms with Crippen LogP contribution >= 0.6 is 0 Å². The molecule has 6 nitrogen and oxygen atoms in total. The molecule has 31 heavy (non-hydrogen) atoms. The monoisotopic (exact) mass is 420 g/mol. The fourth-order valence-electron chi connectivity index (χ4n) is 4.30. The molecule has 1 N–H and O–H groups in total. The Kier molecular flexibility index (Phi) is 6.87. The third kappa shape index (κ3) is 5.64. The lowest BCUT2D eigenvalue weighted by Gasteiger charge is -2.33. The number of hydrogen-bond donors (Lipinski definition) is 1. The van der Waals surface area contributed by atoms with Crippen LogP contribution in [0.4, 0.5) is 5.82 Å². The number of amides is 1. The number of aromatic nitrogens is 2. The molecule has 1 amide bonds. The molecule has 2 aromatic heterocycles. The standard InChI is InChI=1S/C25H32N4O2/c1-19(23-9-8-20(2)31-23)11-15-28-16-12-22(13-17-28)29-24(10-14-26-29)27-25(30)18-21-6-4-3-5-7-21/h3-10,14,19,22H,11-13,15-18H2,1-2H3,(H,27,30)/t19-/m0/s1. The van der Waals surface area contributed by atoms with Gasteiger partial charge >= 0.3 is 0 Å². The van der Waals surface area contributed by atoms with Gasteiger partial charge in [-0.1, -0.05) is 37.3 Å². The van der Waals surface area contributed by atoms with E-state index >= 15 is 0 Å². The molecule has 1 aromatic carbocycles. The molecule has 1 fully saturated rings. The van der Waals surface area contributed by atoms with Gasteiger partial charge in [0.25, 0.3) is 0 Å². The first-order valence-corrected chi connectivity index (χ1v) is 11.2. The molecule has 0 aliphatic carbocycles. The zero-order chi connectivity index (χ0) is 21.6. The maximum atomic E-state index is 12.5. The van der Waals surface area contributed by atoms with E-state index in [1.807, 2.05) is 54.1 Å². The molecule has 0 radical (unpaired) electrons. The van der Waals surface area contributed by atoms with Crippen LogP contribution in [-0.4, -0.2) is 40.2 Å². The van der Waals surface area contributed by atoms with E-state index in [2.05, 4.69) is 28.3 Å². The lowest BCUT2D eigenvalue weighted by molar-refractivity contribution is -0.115. The quantitative estimate of drug-likeness (QED) is 0.569. The number of carbonyl (C=O) groups is 1. The number of furan rings is 1. The van der Waals surface area contributed by atoms with E-state index in [1.54, 1.807) is 6.20 Å². The summed E-state index contributed by atoms with van der Waals surface area (Å²) in [4.78, 5) is 15.0. The van der Waals surface area contributed by atoms with Gasteiger partial charge in [0.05, 0.1) is 18.7 Å². The van der Waals surface area contributed by atoms with Crippen LogP contribution in [-0.2, 0) is 11.2 Å². The topological polar surface area (TPSA) is 63.3 Å². The second kappa shape index (κ2) is 9.96. The molecule has 3 heterocycles. The molecule has 0 bridgehead atoms. The van der Waals surface area contributed by atoms with Crippen molar-refractivity contribution in [2.24, 2.45) is 0 Å². The number of piperidine rings is 1. The van der Waals surface area contributed by atoms with Crippen LogP contribution in [0.15, 0.2) is 59.1 Å². The molecule has 164 valence electrons. The summed E-state index contributed by atoms with van der Waals surface area (Å²) in [6.07, 6.45) is 5.32. The predicted octanol–water partition coefficient (Wildman–Crippen LogP) is 4.80. The number of benzene rings is 1. The summed E-state index contributed by atoms with van der Waals surface area (Å²) in [5, 5.41) is 7.56. The lowest BCUT2D eigenvalue weighted by Crippen LogP contribution is -2.36. The highest BCUT2D eigenvalue weighted by Gasteiger charge is 2.23. The molecule has 1 atom stereocenters. The van der Waals surface area contributed by atoms with Gasteiger partial charge in [-0.2, -0.15) is 5.10 Å². The first kappa shape index (κ1) is 21.4. The molecule has 6 heteroatoms. The van der Waals surface area contributed by atoms with Gasteiger partial charge in [-0.05, 0) is 50.4 Å². The largest absolute Gasteiger partial charge is 0.466 e. The van der Waals surface area contributed by atoms with Gasteiger partial charge in [-0.15, -0.1) is 0 Å². The van der Waals surface area contributed by atoms with Crippen molar-refractivity contribution in [3.8, 4) is 0 Å². The van der Waals surface area contributed by atoms with Crippen molar-refractivity contribution in [1.29, 1.82) is 0 Å². The Morgan fingerprint density at radius 1 is 1.16 bits per heavy atom. The van der Waals surface area contributed by atoms with Gasteiger partial charge in [0.2, 0.25) is 5.91 Å². The number of anilines is 1. The van der Waals surface area contributed by atoms with Gasteiger partial charge in [-0.3, -0.25) is 4.79 Å². The second-order valence-electron chi connectivity index (χ2n) is 8.58. The predicted molar refractivity (Wildman–Crippen MR) is 122 cm³/mol. The van der Waals surface area contributed by atoms with Crippen molar-refractivity contribution >= 4 is 11.7 Å². The fraction of sp³-hybridized carbons (Fsp3) is 0.440. The highest BCUT2D eigenvalue weighted by molar-refractivity contribution is 5.91. The van der Waals surface area contributed by atoms with Crippen LogP contribution in [0.1, 0.15) is 55.2 Å².